The Morgan fingerprint density at radius 2 is 1.51 bits per heavy atom. The van der Waals surface area contributed by atoms with Crippen molar-refractivity contribution < 1.29 is 38.5 Å². The van der Waals surface area contributed by atoms with Crippen molar-refractivity contribution in [1.82, 2.24) is 0 Å². The minimum atomic E-state index is -0.932. The first-order valence-electron chi connectivity index (χ1n) is 10.7. The summed E-state index contributed by atoms with van der Waals surface area (Å²) in [6, 6.07) is 18.1. The molecule has 3 aromatic rings. The first kappa shape index (κ1) is 26.8. The van der Waals surface area contributed by atoms with Gasteiger partial charge in [0.1, 0.15) is 34.4 Å². The number of rotatable bonds is 11. The van der Waals surface area contributed by atoms with Crippen LogP contribution in [0.5, 0.6) is 17.2 Å². The van der Waals surface area contributed by atoms with Gasteiger partial charge in [-0.25, -0.2) is 4.79 Å². The molecule has 0 saturated carbocycles. The molecule has 0 atom stereocenters. The topological polar surface area (TPSA) is 157 Å². The molecule has 0 heterocycles. The Balaban J connectivity index is 1.56. The number of para-hydroxylation sites is 1. The highest BCUT2D eigenvalue weighted by molar-refractivity contribution is 7.80. The van der Waals surface area contributed by atoms with Crippen LogP contribution in [-0.4, -0.2) is 28.0 Å². The van der Waals surface area contributed by atoms with Gasteiger partial charge in [0.05, 0.1) is 12.8 Å². The van der Waals surface area contributed by atoms with Crippen LogP contribution in [0.25, 0.3) is 0 Å². The van der Waals surface area contributed by atoms with Crippen LogP contribution in [0.1, 0.15) is 34.3 Å². The van der Waals surface area contributed by atoms with Crippen LogP contribution in [0.4, 0.5) is 0 Å². The van der Waals surface area contributed by atoms with Crippen LogP contribution in [0, 0.1) is 10.1 Å². The van der Waals surface area contributed by atoms with Gasteiger partial charge < -0.3 is 24.8 Å². The Kier molecular flexibility index (Phi) is 9.22. The Bertz CT molecular complexity index is 1330. The minimum Gasteiger partial charge on any atom is -0.427 e. The summed E-state index contributed by atoms with van der Waals surface area (Å²) in [5, 5.41) is 9.43. The van der Waals surface area contributed by atoms with Crippen LogP contribution in [0.2, 0.25) is 0 Å². The van der Waals surface area contributed by atoms with Crippen LogP contribution in [-0.2, 0) is 21.0 Å². The third-order valence-electron chi connectivity index (χ3n) is 4.68. The van der Waals surface area contributed by atoms with E-state index in [0.29, 0.717) is 11.1 Å². The van der Waals surface area contributed by atoms with Crippen LogP contribution < -0.4 is 19.9 Å². The van der Waals surface area contributed by atoms with Crippen molar-refractivity contribution in [3.63, 3.8) is 0 Å². The fourth-order valence-corrected chi connectivity index (χ4v) is 3.10. The summed E-state index contributed by atoms with van der Waals surface area (Å²) in [5.41, 5.74) is 6.51. The van der Waals surface area contributed by atoms with Gasteiger partial charge in [-0.15, -0.1) is 10.1 Å². The number of hydrogen-bond donors (Lipinski definition) is 1. The van der Waals surface area contributed by atoms with E-state index in [9.17, 15) is 24.5 Å². The molecule has 0 bridgehead atoms. The SMILES string of the molecule is NC(=S)c1ccc(OC(=O)CCC(=O)Oc2ccccc2C(=O)Oc2cccc(CO[N+](=O)[O-])c2)cc1. The molecule has 0 aromatic heterocycles. The summed E-state index contributed by atoms with van der Waals surface area (Å²) < 4.78 is 15.7. The molecule has 0 aliphatic carbocycles. The van der Waals surface area contributed by atoms with Gasteiger partial charge in [-0.2, -0.15) is 0 Å². The zero-order chi connectivity index (χ0) is 26.8. The molecule has 11 nitrogen and oxygen atoms in total. The zero-order valence-electron chi connectivity index (χ0n) is 19.2. The van der Waals surface area contributed by atoms with Gasteiger partial charge in [0.15, 0.2) is 0 Å². The molecule has 0 saturated heterocycles. The van der Waals surface area contributed by atoms with Gasteiger partial charge in [-0.3, -0.25) is 9.59 Å². The first-order valence-corrected chi connectivity index (χ1v) is 11.1. The van der Waals surface area contributed by atoms with Gasteiger partial charge in [0.25, 0.3) is 5.09 Å². The van der Waals surface area contributed by atoms with Crippen molar-refractivity contribution in [2.75, 3.05) is 0 Å². The lowest BCUT2D eigenvalue weighted by Crippen LogP contribution is -2.16. The molecule has 0 amide bonds. The maximum Gasteiger partial charge on any atom is 0.347 e. The summed E-state index contributed by atoms with van der Waals surface area (Å²) in [5.74, 6) is -1.93. The van der Waals surface area contributed by atoms with Crippen molar-refractivity contribution >= 4 is 35.1 Å². The molecule has 37 heavy (non-hydrogen) atoms. The fourth-order valence-electron chi connectivity index (χ4n) is 2.96. The van der Waals surface area contributed by atoms with Crippen LogP contribution >= 0.6 is 12.2 Å². The Morgan fingerprint density at radius 1 is 0.838 bits per heavy atom. The van der Waals surface area contributed by atoms with E-state index < -0.39 is 23.0 Å². The average Bonchev–Trinajstić information content (AvgIpc) is 2.87. The van der Waals surface area contributed by atoms with Gasteiger partial charge in [-0.05, 0) is 54.1 Å². The predicted molar refractivity (Wildman–Crippen MR) is 132 cm³/mol. The maximum atomic E-state index is 12.7. The van der Waals surface area contributed by atoms with Gasteiger partial charge in [0, 0.05) is 5.56 Å². The smallest absolute Gasteiger partial charge is 0.347 e. The van der Waals surface area contributed by atoms with Crippen LogP contribution in [0.15, 0.2) is 72.8 Å². The molecular formula is C25H20N2O9S. The second-order valence-electron chi connectivity index (χ2n) is 7.37. The van der Waals surface area contributed by atoms with E-state index in [2.05, 4.69) is 4.84 Å². The molecule has 0 unspecified atom stereocenters. The quantitative estimate of drug-likeness (QED) is 0.129. The lowest BCUT2D eigenvalue weighted by atomic mass is 10.2. The molecule has 3 rings (SSSR count). The molecule has 0 fully saturated rings. The summed E-state index contributed by atoms with van der Waals surface area (Å²) in [6.45, 7) is -0.317. The maximum absolute atomic E-state index is 12.7. The molecule has 12 heteroatoms. The fraction of sp³-hybridized carbons (Fsp3) is 0.120. The van der Waals surface area contributed by atoms with Gasteiger partial charge in [0.2, 0.25) is 0 Å². The molecule has 0 spiro atoms. The number of thiocarbonyl (C=S) groups is 1. The van der Waals surface area contributed by atoms with Gasteiger partial charge >= 0.3 is 17.9 Å². The van der Waals surface area contributed by atoms with E-state index in [4.69, 9.17) is 32.2 Å². The zero-order valence-corrected chi connectivity index (χ0v) is 20.0. The highest BCUT2D eigenvalue weighted by atomic mass is 32.1. The Hall–Kier alpha value is -4.84. The second-order valence-corrected chi connectivity index (χ2v) is 7.81. The summed E-state index contributed by atoms with van der Waals surface area (Å²) in [6.07, 6.45) is -0.562. The van der Waals surface area contributed by atoms with Crippen molar-refractivity contribution in [1.29, 1.82) is 0 Å². The number of carbonyl (C=O) groups is 3. The third kappa shape index (κ3) is 8.40. The van der Waals surface area contributed by atoms with E-state index >= 15 is 0 Å². The average molecular weight is 525 g/mol. The molecule has 2 N–H and O–H groups in total. The Labute approximate surface area is 215 Å². The number of nitrogens with zero attached hydrogens (tertiary/aromatic N) is 1. The highest BCUT2D eigenvalue weighted by Crippen LogP contribution is 2.22. The number of carbonyl (C=O) groups excluding carboxylic acids is 3. The van der Waals surface area contributed by atoms with Gasteiger partial charge in [-0.1, -0.05) is 36.5 Å². The largest absolute Gasteiger partial charge is 0.427 e. The van der Waals surface area contributed by atoms with E-state index in [-0.39, 0.29) is 47.2 Å². The molecule has 3 aromatic carbocycles. The molecule has 0 aliphatic heterocycles. The summed E-state index contributed by atoms with van der Waals surface area (Å²) in [7, 11) is 0. The highest BCUT2D eigenvalue weighted by Gasteiger charge is 2.18. The number of nitrogens with two attached hydrogens (primary N) is 1. The monoisotopic (exact) mass is 524 g/mol. The summed E-state index contributed by atoms with van der Waals surface area (Å²) in [4.78, 5) is 52.0. The Morgan fingerprint density at radius 3 is 2.19 bits per heavy atom. The lowest BCUT2D eigenvalue weighted by Gasteiger charge is -2.10. The van der Waals surface area contributed by atoms with E-state index in [1.165, 1.54) is 42.5 Å². The third-order valence-corrected chi connectivity index (χ3v) is 4.92. The lowest BCUT2D eigenvalue weighted by molar-refractivity contribution is -0.763. The van der Waals surface area contributed by atoms with Crippen LogP contribution in [0.3, 0.4) is 0 Å². The summed E-state index contributed by atoms with van der Waals surface area (Å²) >= 11 is 4.86. The standard InChI is InChI=1S/C25H20N2O9S/c26-24(37)17-8-10-18(11-9-17)34-22(28)12-13-23(29)36-21-7-2-1-6-20(21)25(30)35-19-5-3-4-16(14-19)15-33-27(31)32/h1-11,14H,12-13,15H2,(H2,26,37). The van der Waals surface area contributed by atoms with Crippen molar-refractivity contribution in [2.24, 2.45) is 5.73 Å². The molecular weight excluding hydrogens is 504 g/mol. The van der Waals surface area contributed by atoms with Crippen molar-refractivity contribution in [3.8, 4) is 17.2 Å². The molecule has 0 radical (unpaired) electrons. The number of ether oxygens (including phenoxy) is 3. The number of hydrogen-bond acceptors (Lipinski definition) is 10. The first-order chi connectivity index (χ1) is 17.7. The van der Waals surface area contributed by atoms with E-state index in [0.717, 1.165) is 0 Å². The van der Waals surface area contributed by atoms with E-state index in [1.54, 1.807) is 30.3 Å². The minimum absolute atomic E-state index is 0.0386. The van der Waals surface area contributed by atoms with Crippen molar-refractivity contribution in [2.45, 2.75) is 19.4 Å². The normalized spacial score (nSPS) is 10.2. The van der Waals surface area contributed by atoms with Crippen molar-refractivity contribution in [3.05, 3.63) is 99.6 Å². The van der Waals surface area contributed by atoms with E-state index in [1.807, 2.05) is 0 Å². The molecule has 190 valence electrons. The second kappa shape index (κ2) is 12.7. The number of esters is 3. The number of benzene rings is 3. The predicted octanol–water partition coefficient (Wildman–Crippen LogP) is 3.54. The molecule has 0 aliphatic rings.